The highest BCUT2D eigenvalue weighted by Gasteiger charge is 2.19. The summed E-state index contributed by atoms with van der Waals surface area (Å²) in [7, 11) is 4.09. The number of rotatable bonds is 7. The maximum Gasteiger partial charge on any atom is 0.142 e. The Balaban J connectivity index is 0.00000141. The molecule has 2 aromatic heterocycles. The predicted molar refractivity (Wildman–Crippen MR) is 140 cm³/mol. The standard InChI is InChI=1S/C29H30N2O2.H3NO/c1-20-17-24(13-14-30-20)27-19-28(22-9-11-26(12-10-22)32-16-15-31(2)3)33-29(27)25-8-7-21-5-4-6-23(21)18-25;1-2/h7-14,17-19H,4-6,15-16H2,1-3H3;2H,1H2. The van der Waals surface area contributed by atoms with Crippen LogP contribution in [0.4, 0.5) is 0 Å². The van der Waals surface area contributed by atoms with Crippen LogP contribution in [-0.2, 0) is 12.8 Å². The minimum atomic E-state index is 0.668. The molecule has 35 heavy (non-hydrogen) atoms. The van der Waals surface area contributed by atoms with Crippen LogP contribution >= 0.6 is 0 Å². The third-order valence-corrected chi connectivity index (χ3v) is 6.25. The first kappa shape index (κ1) is 24.7. The Labute approximate surface area is 206 Å². The number of ether oxygens (including phenoxy) is 1. The van der Waals surface area contributed by atoms with Crippen molar-refractivity contribution in [2.24, 2.45) is 5.90 Å². The molecule has 0 radical (unpaired) electrons. The number of likely N-dealkylation sites (N-methyl/N-ethyl adjacent to an activating group) is 1. The monoisotopic (exact) mass is 471 g/mol. The molecule has 0 aliphatic heterocycles. The first-order valence-corrected chi connectivity index (χ1v) is 11.9. The fourth-order valence-corrected chi connectivity index (χ4v) is 4.45. The van der Waals surface area contributed by atoms with E-state index in [-0.39, 0.29) is 0 Å². The first-order chi connectivity index (χ1) is 17.1. The van der Waals surface area contributed by atoms with Crippen molar-refractivity contribution >= 4 is 0 Å². The van der Waals surface area contributed by atoms with Crippen LogP contribution in [-0.4, -0.2) is 42.3 Å². The molecule has 3 N–H and O–H groups in total. The molecule has 5 rings (SSSR count). The Kier molecular flexibility index (Phi) is 7.98. The summed E-state index contributed by atoms with van der Waals surface area (Å²) in [5.74, 6) is 6.14. The van der Waals surface area contributed by atoms with Crippen LogP contribution in [0.5, 0.6) is 5.75 Å². The van der Waals surface area contributed by atoms with E-state index >= 15 is 0 Å². The number of nitrogens with zero attached hydrogens (tertiary/aromatic N) is 2. The molecule has 182 valence electrons. The largest absolute Gasteiger partial charge is 0.492 e. The van der Waals surface area contributed by atoms with Crippen LogP contribution in [0.3, 0.4) is 0 Å². The van der Waals surface area contributed by atoms with Gasteiger partial charge in [0.05, 0.1) is 0 Å². The lowest BCUT2D eigenvalue weighted by molar-refractivity contribution is 0.261. The minimum Gasteiger partial charge on any atom is -0.492 e. The number of pyridine rings is 1. The molecule has 1 aliphatic rings. The highest BCUT2D eigenvalue weighted by molar-refractivity contribution is 5.84. The van der Waals surface area contributed by atoms with E-state index in [0.29, 0.717) is 6.61 Å². The Hall–Kier alpha value is -3.45. The molecule has 0 bridgehead atoms. The molecule has 0 unspecified atom stereocenters. The van der Waals surface area contributed by atoms with E-state index in [4.69, 9.17) is 14.4 Å². The van der Waals surface area contributed by atoms with Gasteiger partial charge in [0.2, 0.25) is 0 Å². The van der Waals surface area contributed by atoms with Crippen LogP contribution < -0.4 is 10.6 Å². The quantitative estimate of drug-likeness (QED) is 0.334. The lowest BCUT2D eigenvalue weighted by Crippen LogP contribution is -2.19. The number of nitrogens with two attached hydrogens (primary N) is 1. The molecule has 0 saturated carbocycles. The fourth-order valence-electron chi connectivity index (χ4n) is 4.45. The van der Waals surface area contributed by atoms with Crippen molar-refractivity contribution in [2.45, 2.75) is 26.2 Å². The number of aromatic nitrogens is 1. The van der Waals surface area contributed by atoms with Crippen LogP contribution in [0.2, 0.25) is 0 Å². The zero-order valence-corrected chi connectivity index (χ0v) is 20.6. The van der Waals surface area contributed by atoms with Gasteiger partial charge in [0.25, 0.3) is 0 Å². The predicted octanol–water partition coefficient (Wildman–Crippen LogP) is 5.75. The van der Waals surface area contributed by atoms with Gasteiger partial charge in [-0.05, 0) is 106 Å². The molecule has 0 fully saturated rings. The topological polar surface area (TPSA) is 84.8 Å². The summed E-state index contributed by atoms with van der Waals surface area (Å²) in [6.45, 7) is 3.58. The molecule has 0 amide bonds. The second-order valence-electron chi connectivity index (χ2n) is 9.05. The second-order valence-corrected chi connectivity index (χ2v) is 9.05. The summed E-state index contributed by atoms with van der Waals surface area (Å²) in [5.41, 5.74) is 8.30. The maximum atomic E-state index is 6.53. The molecule has 4 aromatic rings. The van der Waals surface area contributed by atoms with Crippen molar-refractivity contribution in [1.29, 1.82) is 0 Å². The molecule has 0 atom stereocenters. The van der Waals surface area contributed by atoms with Gasteiger partial charge in [-0.3, -0.25) is 4.98 Å². The SMILES string of the molecule is Cc1cc(-c2cc(-c3ccc(OCCN(C)C)cc3)oc2-c2ccc3c(c2)CCC3)ccn1.NO. The smallest absolute Gasteiger partial charge is 0.142 e. The van der Waals surface area contributed by atoms with E-state index < -0.39 is 0 Å². The van der Waals surface area contributed by atoms with Crippen molar-refractivity contribution in [2.75, 3.05) is 27.2 Å². The summed E-state index contributed by atoms with van der Waals surface area (Å²) in [4.78, 5) is 6.49. The summed E-state index contributed by atoms with van der Waals surface area (Å²) in [6, 6.07) is 21.3. The van der Waals surface area contributed by atoms with Crippen molar-refractivity contribution in [3.05, 3.63) is 83.7 Å². The Bertz CT molecular complexity index is 1260. The van der Waals surface area contributed by atoms with Crippen molar-refractivity contribution < 1.29 is 14.4 Å². The number of hydrogen-bond acceptors (Lipinski definition) is 6. The molecule has 2 aromatic carbocycles. The fraction of sp³-hybridized carbons (Fsp3) is 0.276. The molecule has 6 nitrogen and oxygen atoms in total. The number of furan rings is 1. The lowest BCUT2D eigenvalue weighted by Gasteiger charge is -2.11. The van der Waals surface area contributed by atoms with Crippen LogP contribution in [0.25, 0.3) is 33.8 Å². The summed E-state index contributed by atoms with van der Waals surface area (Å²) in [5, 5.41) is 6.50. The van der Waals surface area contributed by atoms with Gasteiger partial charge in [-0.1, -0.05) is 12.1 Å². The normalized spacial score (nSPS) is 12.3. The minimum absolute atomic E-state index is 0.668. The van der Waals surface area contributed by atoms with Crippen LogP contribution in [0.15, 0.2) is 71.3 Å². The molecular formula is C29H33N3O3. The van der Waals surface area contributed by atoms with Gasteiger partial charge in [0.15, 0.2) is 0 Å². The van der Waals surface area contributed by atoms with E-state index in [2.05, 4.69) is 64.3 Å². The number of aryl methyl sites for hydroxylation is 3. The Morgan fingerprint density at radius 1 is 0.914 bits per heavy atom. The molecular weight excluding hydrogens is 438 g/mol. The van der Waals surface area contributed by atoms with E-state index in [9.17, 15) is 0 Å². The maximum absolute atomic E-state index is 6.53. The van der Waals surface area contributed by atoms with Crippen LogP contribution in [0, 0.1) is 6.92 Å². The zero-order chi connectivity index (χ0) is 24.8. The van der Waals surface area contributed by atoms with Gasteiger partial charge in [-0.25, -0.2) is 5.90 Å². The van der Waals surface area contributed by atoms with Crippen molar-refractivity contribution in [1.82, 2.24) is 9.88 Å². The lowest BCUT2D eigenvalue weighted by atomic mass is 9.99. The van der Waals surface area contributed by atoms with Gasteiger partial charge < -0.3 is 19.3 Å². The number of benzene rings is 2. The van der Waals surface area contributed by atoms with E-state index in [1.807, 2.05) is 39.3 Å². The van der Waals surface area contributed by atoms with E-state index in [1.54, 1.807) is 0 Å². The number of hydrogen-bond donors (Lipinski definition) is 2. The van der Waals surface area contributed by atoms with E-state index in [1.165, 1.54) is 24.0 Å². The molecule has 1 aliphatic carbocycles. The van der Waals surface area contributed by atoms with Crippen molar-refractivity contribution in [3.8, 4) is 39.5 Å². The van der Waals surface area contributed by atoms with Crippen LogP contribution in [0.1, 0.15) is 23.2 Å². The van der Waals surface area contributed by atoms with Gasteiger partial charge in [0.1, 0.15) is 23.9 Å². The van der Waals surface area contributed by atoms with Crippen molar-refractivity contribution in [3.63, 3.8) is 0 Å². The molecule has 0 saturated heterocycles. The van der Waals surface area contributed by atoms with E-state index in [0.717, 1.165) is 58.2 Å². The average Bonchev–Trinajstić information content (AvgIpc) is 3.52. The summed E-state index contributed by atoms with van der Waals surface area (Å²) < 4.78 is 12.4. The third-order valence-electron chi connectivity index (χ3n) is 6.25. The van der Waals surface area contributed by atoms with Gasteiger partial charge in [-0.15, -0.1) is 0 Å². The second kappa shape index (κ2) is 11.3. The zero-order valence-electron chi connectivity index (χ0n) is 20.6. The third kappa shape index (κ3) is 5.80. The molecule has 0 spiro atoms. The van der Waals surface area contributed by atoms with Gasteiger partial charge in [-0.2, -0.15) is 0 Å². The Morgan fingerprint density at radius 3 is 2.40 bits per heavy atom. The molecule has 6 heteroatoms. The molecule has 2 heterocycles. The first-order valence-electron chi connectivity index (χ1n) is 11.9. The Morgan fingerprint density at radius 2 is 1.66 bits per heavy atom. The highest BCUT2D eigenvalue weighted by atomic mass is 16.5. The highest BCUT2D eigenvalue weighted by Crippen LogP contribution is 2.40. The summed E-state index contributed by atoms with van der Waals surface area (Å²) >= 11 is 0. The van der Waals surface area contributed by atoms with Gasteiger partial charge in [0, 0.05) is 35.1 Å². The average molecular weight is 472 g/mol. The number of fused-ring (bicyclic) bond motifs is 1. The van der Waals surface area contributed by atoms with Gasteiger partial charge >= 0.3 is 0 Å². The summed E-state index contributed by atoms with van der Waals surface area (Å²) in [6.07, 6.45) is 5.43.